The van der Waals surface area contributed by atoms with Crippen LogP contribution < -0.4 is 10.6 Å². The SMILES string of the molecule is CCNC(=NCCC1CCN(C)CC1)NC(C)c1ccccc1.I. The second-order valence-electron chi connectivity index (χ2n) is 6.57. The summed E-state index contributed by atoms with van der Waals surface area (Å²) in [6.45, 7) is 8.56. The van der Waals surface area contributed by atoms with Crippen LogP contribution in [0.2, 0.25) is 0 Å². The number of nitrogens with one attached hydrogen (secondary N) is 2. The molecule has 0 saturated carbocycles. The summed E-state index contributed by atoms with van der Waals surface area (Å²) in [7, 11) is 2.21. The van der Waals surface area contributed by atoms with Gasteiger partial charge in [0.1, 0.15) is 0 Å². The lowest BCUT2D eigenvalue weighted by Gasteiger charge is -2.28. The molecule has 0 aromatic heterocycles. The molecule has 4 nitrogen and oxygen atoms in total. The fraction of sp³-hybridized carbons (Fsp3) is 0.632. The Hall–Kier alpha value is -0.820. The summed E-state index contributed by atoms with van der Waals surface area (Å²) in [6.07, 6.45) is 3.83. The molecule has 5 heteroatoms. The van der Waals surface area contributed by atoms with Gasteiger partial charge in [-0.2, -0.15) is 0 Å². The second-order valence-corrected chi connectivity index (χ2v) is 6.57. The highest BCUT2D eigenvalue weighted by molar-refractivity contribution is 14.0. The molecule has 2 N–H and O–H groups in total. The third-order valence-electron chi connectivity index (χ3n) is 4.64. The van der Waals surface area contributed by atoms with E-state index in [0.717, 1.165) is 25.0 Å². The minimum atomic E-state index is 0. The molecule has 0 amide bonds. The van der Waals surface area contributed by atoms with Gasteiger partial charge in [0.05, 0.1) is 6.04 Å². The Kier molecular flexibility index (Phi) is 10.3. The number of hydrogen-bond acceptors (Lipinski definition) is 2. The summed E-state index contributed by atoms with van der Waals surface area (Å²) in [5, 5.41) is 6.87. The summed E-state index contributed by atoms with van der Waals surface area (Å²) in [5.41, 5.74) is 1.29. The number of aliphatic imine (C=N–C) groups is 1. The van der Waals surface area contributed by atoms with E-state index in [1.807, 2.05) is 0 Å². The number of hydrogen-bond donors (Lipinski definition) is 2. The summed E-state index contributed by atoms with van der Waals surface area (Å²) < 4.78 is 0. The van der Waals surface area contributed by atoms with E-state index in [-0.39, 0.29) is 30.0 Å². The van der Waals surface area contributed by atoms with Crippen molar-refractivity contribution < 1.29 is 0 Å². The highest BCUT2D eigenvalue weighted by Gasteiger charge is 2.16. The molecule has 1 aliphatic rings. The molecular formula is C19H33IN4. The highest BCUT2D eigenvalue weighted by atomic mass is 127. The minimum absolute atomic E-state index is 0. The van der Waals surface area contributed by atoms with Crippen LogP contribution in [0.1, 0.15) is 44.7 Å². The minimum Gasteiger partial charge on any atom is -0.357 e. The molecule has 1 aromatic rings. The van der Waals surface area contributed by atoms with E-state index in [1.54, 1.807) is 0 Å². The first-order chi connectivity index (χ1) is 11.2. The van der Waals surface area contributed by atoms with Crippen LogP contribution in [-0.2, 0) is 0 Å². The van der Waals surface area contributed by atoms with Crippen molar-refractivity contribution >= 4 is 29.9 Å². The quantitative estimate of drug-likeness (QED) is 0.400. The number of rotatable bonds is 6. The monoisotopic (exact) mass is 444 g/mol. The molecule has 0 aliphatic carbocycles. The molecule has 136 valence electrons. The van der Waals surface area contributed by atoms with Crippen LogP contribution in [0.15, 0.2) is 35.3 Å². The largest absolute Gasteiger partial charge is 0.357 e. The summed E-state index contributed by atoms with van der Waals surface area (Å²) in [4.78, 5) is 7.20. The van der Waals surface area contributed by atoms with Crippen molar-refractivity contribution in [3.63, 3.8) is 0 Å². The zero-order chi connectivity index (χ0) is 16.5. The Morgan fingerprint density at radius 1 is 1.25 bits per heavy atom. The average Bonchev–Trinajstić information content (AvgIpc) is 2.57. The van der Waals surface area contributed by atoms with Crippen molar-refractivity contribution in [3.05, 3.63) is 35.9 Å². The number of piperidine rings is 1. The first-order valence-electron chi connectivity index (χ1n) is 8.97. The van der Waals surface area contributed by atoms with Gasteiger partial charge in [-0.15, -0.1) is 24.0 Å². The van der Waals surface area contributed by atoms with E-state index in [9.17, 15) is 0 Å². The zero-order valence-corrected chi connectivity index (χ0v) is 17.6. The van der Waals surface area contributed by atoms with Crippen LogP contribution in [-0.4, -0.2) is 44.1 Å². The normalized spacial score (nSPS) is 17.9. The summed E-state index contributed by atoms with van der Waals surface area (Å²) in [6, 6.07) is 10.8. The molecule has 0 bridgehead atoms. The van der Waals surface area contributed by atoms with E-state index < -0.39 is 0 Å². The average molecular weight is 444 g/mol. The predicted octanol–water partition coefficient (Wildman–Crippen LogP) is 3.65. The van der Waals surface area contributed by atoms with Crippen molar-refractivity contribution in [1.82, 2.24) is 15.5 Å². The summed E-state index contributed by atoms with van der Waals surface area (Å²) >= 11 is 0. The van der Waals surface area contributed by atoms with E-state index in [4.69, 9.17) is 4.99 Å². The number of likely N-dealkylation sites (tertiary alicyclic amines) is 1. The molecule has 1 aliphatic heterocycles. The Balaban J connectivity index is 0.00000288. The maximum atomic E-state index is 4.77. The molecule has 1 heterocycles. The maximum Gasteiger partial charge on any atom is 0.191 e. The van der Waals surface area contributed by atoms with Gasteiger partial charge in [0, 0.05) is 13.1 Å². The molecule has 0 spiro atoms. The van der Waals surface area contributed by atoms with E-state index >= 15 is 0 Å². The first-order valence-corrected chi connectivity index (χ1v) is 8.97. The zero-order valence-electron chi connectivity index (χ0n) is 15.3. The van der Waals surface area contributed by atoms with Crippen LogP contribution in [0, 0.1) is 5.92 Å². The standard InChI is InChI=1S/C19H32N4.HI/c1-4-20-19(22-16(2)18-8-6-5-7-9-18)21-13-10-17-11-14-23(3)15-12-17;/h5-9,16-17H,4,10-15H2,1-3H3,(H2,20,21,22);1H. The van der Waals surface area contributed by atoms with Gasteiger partial charge >= 0.3 is 0 Å². The number of nitrogens with zero attached hydrogens (tertiary/aromatic N) is 2. The van der Waals surface area contributed by atoms with Crippen LogP contribution in [0.3, 0.4) is 0 Å². The maximum absolute atomic E-state index is 4.77. The van der Waals surface area contributed by atoms with Gasteiger partial charge < -0.3 is 15.5 Å². The molecule has 0 radical (unpaired) electrons. The smallest absolute Gasteiger partial charge is 0.191 e. The van der Waals surface area contributed by atoms with Crippen LogP contribution in [0.5, 0.6) is 0 Å². The third-order valence-corrected chi connectivity index (χ3v) is 4.64. The molecule has 24 heavy (non-hydrogen) atoms. The predicted molar refractivity (Wildman–Crippen MR) is 114 cm³/mol. The number of benzene rings is 1. The number of guanidine groups is 1. The van der Waals surface area contributed by atoms with Crippen LogP contribution in [0.4, 0.5) is 0 Å². The molecule has 1 saturated heterocycles. The van der Waals surface area contributed by atoms with Crippen molar-refractivity contribution in [2.75, 3.05) is 33.2 Å². The molecule has 1 fully saturated rings. The lowest BCUT2D eigenvalue weighted by molar-refractivity contribution is 0.214. The molecule has 1 atom stereocenters. The topological polar surface area (TPSA) is 39.7 Å². The lowest BCUT2D eigenvalue weighted by atomic mass is 9.94. The van der Waals surface area contributed by atoms with E-state index in [1.165, 1.54) is 37.9 Å². The highest BCUT2D eigenvalue weighted by Crippen LogP contribution is 2.19. The second kappa shape index (κ2) is 11.7. The molecule has 1 unspecified atom stereocenters. The summed E-state index contributed by atoms with van der Waals surface area (Å²) in [5.74, 6) is 1.76. The molecule has 2 rings (SSSR count). The van der Waals surface area contributed by atoms with Gasteiger partial charge in [-0.05, 0) is 64.7 Å². The van der Waals surface area contributed by atoms with Gasteiger partial charge in [-0.3, -0.25) is 4.99 Å². The van der Waals surface area contributed by atoms with Gasteiger partial charge in [-0.25, -0.2) is 0 Å². The Bertz CT molecular complexity index is 470. The van der Waals surface area contributed by atoms with Crippen molar-refractivity contribution in [2.24, 2.45) is 10.9 Å². The fourth-order valence-corrected chi connectivity index (χ4v) is 3.06. The van der Waals surface area contributed by atoms with Gasteiger partial charge in [-0.1, -0.05) is 30.3 Å². The van der Waals surface area contributed by atoms with Crippen molar-refractivity contribution in [2.45, 2.75) is 39.2 Å². The third kappa shape index (κ3) is 7.38. The van der Waals surface area contributed by atoms with E-state index in [0.29, 0.717) is 0 Å². The Labute approximate surface area is 164 Å². The fourth-order valence-electron chi connectivity index (χ4n) is 3.06. The van der Waals surface area contributed by atoms with E-state index in [2.05, 4.69) is 66.8 Å². The molecular weight excluding hydrogens is 411 g/mol. The van der Waals surface area contributed by atoms with Crippen molar-refractivity contribution in [3.8, 4) is 0 Å². The number of halogens is 1. The van der Waals surface area contributed by atoms with Crippen LogP contribution in [0.25, 0.3) is 0 Å². The lowest BCUT2D eigenvalue weighted by Crippen LogP contribution is -2.39. The van der Waals surface area contributed by atoms with Gasteiger partial charge in [0.2, 0.25) is 0 Å². The van der Waals surface area contributed by atoms with Crippen molar-refractivity contribution in [1.29, 1.82) is 0 Å². The first kappa shape index (κ1) is 21.2. The molecule has 1 aromatic carbocycles. The van der Waals surface area contributed by atoms with Gasteiger partial charge in [0.15, 0.2) is 5.96 Å². The van der Waals surface area contributed by atoms with Gasteiger partial charge in [0.25, 0.3) is 0 Å². The van der Waals surface area contributed by atoms with Crippen LogP contribution >= 0.6 is 24.0 Å². The Morgan fingerprint density at radius 2 is 1.92 bits per heavy atom. The Morgan fingerprint density at radius 3 is 2.54 bits per heavy atom.